The highest BCUT2D eigenvalue weighted by Gasteiger charge is 2.47. The Hall–Kier alpha value is -2.70. The summed E-state index contributed by atoms with van der Waals surface area (Å²) in [5, 5.41) is 2.83. The number of aryl methyl sites for hydroxylation is 1. The van der Waals surface area contributed by atoms with Crippen LogP contribution < -0.4 is 5.32 Å². The highest BCUT2D eigenvalue weighted by molar-refractivity contribution is 6.05. The van der Waals surface area contributed by atoms with Crippen LogP contribution in [0.3, 0.4) is 0 Å². The van der Waals surface area contributed by atoms with Gasteiger partial charge < -0.3 is 10.1 Å². The minimum atomic E-state index is -0.602. The van der Waals surface area contributed by atoms with Crippen LogP contribution in [-0.4, -0.2) is 41.7 Å². The van der Waals surface area contributed by atoms with Crippen molar-refractivity contribution in [1.82, 2.24) is 4.90 Å². The predicted octanol–water partition coefficient (Wildman–Crippen LogP) is 3.17. The third-order valence-corrected chi connectivity index (χ3v) is 6.03. The van der Waals surface area contributed by atoms with E-state index in [1.807, 2.05) is 39.0 Å². The zero-order chi connectivity index (χ0) is 21.8. The van der Waals surface area contributed by atoms with Crippen LogP contribution in [0.1, 0.15) is 63.0 Å². The second-order valence-electron chi connectivity index (χ2n) is 8.48. The number of nitrogens with zero attached hydrogens (tertiary/aromatic N) is 1. The van der Waals surface area contributed by atoms with Crippen molar-refractivity contribution in [2.45, 2.75) is 58.8 Å². The zero-order valence-corrected chi connectivity index (χ0v) is 17.9. The number of carbonyl (C=O) groups is 4. The van der Waals surface area contributed by atoms with Gasteiger partial charge in [-0.3, -0.25) is 24.1 Å². The summed E-state index contributed by atoms with van der Waals surface area (Å²) in [6.45, 7) is 5.61. The van der Waals surface area contributed by atoms with Gasteiger partial charge in [-0.25, -0.2) is 0 Å². The Morgan fingerprint density at radius 3 is 2.37 bits per heavy atom. The second kappa shape index (κ2) is 9.41. The van der Waals surface area contributed by atoms with Gasteiger partial charge in [0.2, 0.25) is 11.8 Å². The number of amides is 3. The molecule has 2 aliphatic rings. The summed E-state index contributed by atoms with van der Waals surface area (Å²) in [6.07, 6.45) is 3.31. The van der Waals surface area contributed by atoms with E-state index in [4.69, 9.17) is 4.74 Å². The highest BCUT2D eigenvalue weighted by Crippen LogP contribution is 2.38. The maximum Gasteiger partial charge on any atom is 0.308 e. The number of esters is 1. The average Bonchev–Trinajstić information content (AvgIpc) is 2.96. The molecule has 0 spiro atoms. The van der Waals surface area contributed by atoms with E-state index in [2.05, 4.69) is 5.32 Å². The number of hydrogen-bond donors (Lipinski definition) is 1. The molecular weight excluding hydrogens is 384 g/mol. The van der Waals surface area contributed by atoms with Gasteiger partial charge in [0.05, 0.1) is 18.3 Å². The molecule has 7 heteroatoms. The second-order valence-corrected chi connectivity index (χ2v) is 8.48. The van der Waals surface area contributed by atoms with E-state index >= 15 is 0 Å². The normalized spacial score (nSPS) is 21.0. The third kappa shape index (κ3) is 4.71. The van der Waals surface area contributed by atoms with Crippen molar-refractivity contribution in [2.24, 2.45) is 11.8 Å². The Bertz CT molecular complexity index is 824. The van der Waals surface area contributed by atoms with E-state index in [9.17, 15) is 19.2 Å². The van der Waals surface area contributed by atoms with Crippen LogP contribution in [0.4, 0.5) is 5.69 Å². The Labute approximate surface area is 177 Å². The van der Waals surface area contributed by atoms with Crippen LogP contribution in [0.5, 0.6) is 0 Å². The van der Waals surface area contributed by atoms with Crippen LogP contribution >= 0.6 is 0 Å². The number of benzene rings is 1. The van der Waals surface area contributed by atoms with Gasteiger partial charge in [0.1, 0.15) is 0 Å². The van der Waals surface area contributed by atoms with Crippen LogP contribution in [0, 0.1) is 18.8 Å². The van der Waals surface area contributed by atoms with Gasteiger partial charge in [-0.15, -0.1) is 0 Å². The lowest BCUT2D eigenvalue weighted by Gasteiger charge is -2.19. The van der Waals surface area contributed by atoms with E-state index in [-0.39, 0.29) is 42.5 Å². The summed E-state index contributed by atoms with van der Waals surface area (Å²) >= 11 is 0. The summed E-state index contributed by atoms with van der Waals surface area (Å²) < 4.78 is 5.06. The Morgan fingerprint density at radius 2 is 1.77 bits per heavy atom. The maximum atomic E-state index is 12.4. The minimum absolute atomic E-state index is 0.0143. The SMILES string of the molecule is Cc1cccc(C(C)C)c1NC(=O)COC(=O)CCN1C(=O)[C@@H]2CCCC[C@H]2C1=O. The fourth-order valence-corrected chi connectivity index (χ4v) is 4.39. The number of anilines is 1. The van der Waals surface area contributed by atoms with Crippen molar-refractivity contribution in [3.05, 3.63) is 29.3 Å². The van der Waals surface area contributed by atoms with Gasteiger partial charge in [-0.1, -0.05) is 44.9 Å². The molecule has 1 aromatic rings. The van der Waals surface area contributed by atoms with Gasteiger partial charge >= 0.3 is 5.97 Å². The number of fused-ring (bicyclic) bond motifs is 1. The smallest absolute Gasteiger partial charge is 0.308 e. The number of rotatable bonds is 7. The standard InChI is InChI=1S/C23H30N2O5/c1-14(2)16-10-6-7-15(3)21(16)24-19(26)13-30-20(27)11-12-25-22(28)17-8-4-5-9-18(17)23(25)29/h6-7,10,14,17-18H,4-5,8-9,11-13H2,1-3H3,(H,24,26)/t17-,18-/m1/s1. The first kappa shape index (κ1) is 22.0. The quantitative estimate of drug-likeness (QED) is 0.546. The van der Waals surface area contributed by atoms with Crippen molar-refractivity contribution < 1.29 is 23.9 Å². The molecule has 1 aromatic carbocycles. The summed E-state index contributed by atoms with van der Waals surface area (Å²) in [6, 6.07) is 5.81. The van der Waals surface area contributed by atoms with Gasteiger partial charge in [-0.2, -0.15) is 0 Å². The molecule has 1 aliphatic heterocycles. The molecular formula is C23H30N2O5. The van der Waals surface area contributed by atoms with Crippen molar-refractivity contribution in [3.8, 4) is 0 Å². The Balaban J connectivity index is 1.48. The number of nitrogens with one attached hydrogen (secondary N) is 1. The molecule has 1 aliphatic carbocycles. The summed E-state index contributed by atoms with van der Waals surface area (Å²) in [5.74, 6) is -1.57. The lowest BCUT2D eigenvalue weighted by Crippen LogP contribution is -2.33. The van der Waals surface area contributed by atoms with E-state index < -0.39 is 18.5 Å². The highest BCUT2D eigenvalue weighted by atomic mass is 16.5. The molecule has 162 valence electrons. The summed E-state index contributed by atoms with van der Waals surface area (Å²) in [4.78, 5) is 50.4. The molecule has 2 atom stereocenters. The van der Waals surface area contributed by atoms with Crippen molar-refractivity contribution in [2.75, 3.05) is 18.5 Å². The first-order valence-electron chi connectivity index (χ1n) is 10.7. The average molecular weight is 415 g/mol. The van der Waals surface area contributed by atoms with Gasteiger partial charge in [0.15, 0.2) is 6.61 Å². The van der Waals surface area contributed by atoms with Crippen LogP contribution in [-0.2, 0) is 23.9 Å². The molecule has 0 unspecified atom stereocenters. The fraction of sp³-hybridized carbons (Fsp3) is 0.565. The Kier molecular flexibility index (Phi) is 6.90. The zero-order valence-electron chi connectivity index (χ0n) is 17.9. The molecule has 0 bridgehead atoms. The van der Waals surface area contributed by atoms with Gasteiger partial charge in [0.25, 0.3) is 5.91 Å². The Morgan fingerprint density at radius 1 is 1.13 bits per heavy atom. The molecule has 1 saturated carbocycles. The van der Waals surface area contributed by atoms with Gasteiger partial charge in [-0.05, 0) is 36.8 Å². The molecule has 30 heavy (non-hydrogen) atoms. The third-order valence-electron chi connectivity index (χ3n) is 6.03. The molecule has 3 amide bonds. The minimum Gasteiger partial charge on any atom is -0.456 e. The number of imide groups is 1. The number of hydrogen-bond acceptors (Lipinski definition) is 5. The molecule has 1 N–H and O–H groups in total. The number of carbonyl (C=O) groups excluding carboxylic acids is 4. The number of likely N-dealkylation sites (tertiary alicyclic amines) is 1. The molecule has 2 fully saturated rings. The molecule has 7 nitrogen and oxygen atoms in total. The van der Waals surface area contributed by atoms with E-state index in [1.54, 1.807) is 0 Å². The molecule has 0 radical (unpaired) electrons. The van der Waals surface area contributed by atoms with Crippen LogP contribution in [0.2, 0.25) is 0 Å². The van der Waals surface area contributed by atoms with Crippen molar-refractivity contribution in [1.29, 1.82) is 0 Å². The first-order valence-corrected chi connectivity index (χ1v) is 10.7. The van der Waals surface area contributed by atoms with Crippen molar-refractivity contribution in [3.63, 3.8) is 0 Å². The van der Waals surface area contributed by atoms with E-state index in [0.29, 0.717) is 0 Å². The maximum absolute atomic E-state index is 12.4. The monoisotopic (exact) mass is 414 g/mol. The van der Waals surface area contributed by atoms with Crippen LogP contribution in [0.15, 0.2) is 18.2 Å². The molecule has 3 rings (SSSR count). The molecule has 1 saturated heterocycles. The fourth-order valence-electron chi connectivity index (χ4n) is 4.39. The lowest BCUT2D eigenvalue weighted by molar-refractivity contribution is -0.148. The summed E-state index contributed by atoms with van der Waals surface area (Å²) in [7, 11) is 0. The molecule has 1 heterocycles. The topological polar surface area (TPSA) is 92.8 Å². The molecule has 0 aromatic heterocycles. The first-order chi connectivity index (χ1) is 14.3. The van der Waals surface area contributed by atoms with E-state index in [0.717, 1.165) is 42.5 Å². The van der Waals surface area contributed by atoms with Crippen molar-refractivity contribution >= 4 is 29.4 Å². The largest absolute Gasteiger partial charge is 0.456 e. The predicted molar refractivity (Wildman–Crippen MR) is 112 cm³/mol. The van der Waals surface area contributed by atoms with E-state index in [1.165, 1.54) is 4.90 Å². The lowest BCUT2D eigenvalue weighted by atomic mass is 9.81. The van der Waals surface area contributed by atoms with Crippen LogP contribution in [0.25, 0.3) is 0 Å². The summed E-state index contributed by atoms with van der Waals surface area (Å²) in [5.41, 5.74) is 2.69. The number of ether oxygens (including phenoxy) is 1. The number of para-hydroxylation sites is 1. The van der Waals surface area contributed by atoms with Gasteiger partial charge in [0, 0.05) is 12.2 Å².